The van der Waals surface area contributed by atoms with Gasteiger partial charge in [-0.05, 0) is 17.7 Å². The smallest absolute Gasteiger partial charge is 0.415 e. The Hall–Kier alpha value is -3.60. The predicted octanol–water partition coefficient (Wildman–Crippen LogP) is 0.890. The number of methoxy groups -OCH3 is 1. The van der Waals surface area contributed by atoms with Crippen molar-refractivity contribution in [1.82, 2.24) is 34.7 Å². The SMILES string of the molecule is COc1ncc(-c2cc(CN3CCOCC3)c3c(N)ncnn23)cc1C(=O)N[C@@H]1CN(CC(O)C(F)(F)F)C[C@@H]1F. The van der Waals surface area contributed by atoms with Gasteiger partial charge in [0.1, 0.15) is 23.6 Å². The zero-order chi connectivity index (χ0) is 29.3. The fourth-order valence-electron chi connectivity index (χ4n) is 5.11. The Morgan fingerprint density at radius 3 is 2.71 bits per heavy atom. The van der Waals surface area contributed by atoms with Crippen LogP contribution < -0.4 is 15.8 Å². The summed E-state index contributed by atoms with van der Waals surface area (Å²) >= 11 is 0. The summed E-state index contributed by atoms with van der Waals surface area (Å²) < 4.78 is 65.2. The van der Waals surface area contributed by atoms with Crippen molar-refractivity contribution in [2.24, 2.45) is 0 Å². The summed E-state index contributed by atoms with van der Waals surface area (Å²) in [5.41, 5.74) is 8.77. The summed E-state index contributed by atoms with van der Waals surface area (Å²) in [6, 6.07) is 2.31. The van der Waals surface area contributed by atoms with Crippen molar-refractivity contribution in [1.29, 1.82) is 0 Å². The number of aliphatic hydroxyl groups is 1. The average molecular weight is 583 g/mol. The van der Waals surface area contributed by atoms with Crippen LogP contribution in [0.5, 0.6) is 5.88 Å². The number of ether oxygens (including phenoxy) is 2. The van der Waals surface area contributed by atoms with Crippen LogP contribution >= 0.6 is 0 Å². The van der Waals surface area contributed by atoms with E-state index in [9.17, 15) is 27.5 Å². The number of β-amino-alcohol motifs (C(OH)–C–C–N with tert-alkyl or cyclic N) is 1. The molecule has 3 aromatic heterocycles. The van der Waals surface area contributed by atoms with Crippen molar-refractivity contribution in [3.63, 3.8) is 0 Å². The van der Waals surface area contributed by atoms with Gasteiger partial charge in [0.2, 0.25) is 5.88 Å². The summed E-state index contributed by atoms with van der Waals surface area (Å²) in [5.74, 6) is -0.456. The lowest BCUT2D eigenvalue weighted by molar-refractivity contribution is -0.207. The molecule has 3 aromatic rings. The Morgan fingerprint density at radius 2 is 2.00 bits per heavy atom. The maximum Gasteiger partial charge on any atom is 0.415 e. The van der Waals surface area contributed by atoms with Crippen molar-refractivity contribution in [2.75, 3.05) is 58.8 Å². The van der Waals surface area contributed by atoms with E-state index in [1.54, 1.807) is 4.52 Å². The molecule has 16 heteroatoms. The maximum atomic E-state index is 14.7. The van der Waals surface area contributed by atoms with E-state index >= 15 is 0 Å². The van der Waals surface area contributed by atoms with Crippen molar-refractivity contribution >= 4 is 17.2 Å². The van der Waals surface area contributed by atoms with E-state index < -0.39 is 36.9 Å². The van der Waals surface area contributed by atoms with E-state index in [1.165, 1.54) is 25.7 Å². The van der Waals surface area contributed by atoms with E-state index in [0.717, 1.165) is 23.6 Å². The van der Waals surface area contributed by atoms with Crippen LogP contribution in [0.25, 0.3) is 16.8 Å². The number of carbonyl (C=O) groups is 1. The number of halogens is 4. The Morgan fingerprint density at radius 1 is 1.24 bits per heavy atom. The Balaban J connectivity index is 1.40. The molecule has 41 heavy (non-hydrogen) atoms. The highest BCUT2D eigenvalue weighted by atomic mass is 19.4. The molecule has 0 spiro atoms. The molecule has 222 valence electrons. The number of aromatic nitrogens is 4. The third-order valence-corrected chi connectivity index (χ3v) is 7.19. The van der Waals surface area contributed by atoms with Crippen molar-refractivity contribution in [3.05, 3.63) is 35.8 Å². The van der Waals surface area contributed by atoms with Gasteiger partial charge in [0.25, 0.3) is 5.91 Å². The number of nitrogens with two attached hydrogens (primary N) is 1. The summed E-state index contributed by atoms with van der Waals surface area (Å²) in [6.07, 6.45) is -6.26. The van der Waals surface area contributed by atoms with Gasteiger partial charge in [0, 0.05) is 51.0 Å². The molecule has 0 aromatic carbocycles. The number of morpholine rings is 1. The van der Waals surface area contributed by atoms with Crippen LogP contribution in [0, 0.1) is 0 Å². The number of nitrogens with one attached hydrogen (secondary N) is 1. The molecule has 1 unspecified atom stereocenters. The molecular formula is C25H30F4N8O4. The number of amides is 1. The predicted molar refractivity (Wildman–Crippen MR) is 138 cm³/mol. The summed E-state index contributed by atoms with van der Waals surface area (Å²) in [6.45, 7) is 1.93. The highest BCUT2D eigenvalue weighted by Crippen LogP contribution is 2.31. The van der Waals surface area contributed by atoms with Gasteiger partial charge in [0.05, 0.1) is 32.1 Å². The highest BCUT2D eigenvalue weighted by Gasteiger charge is 2.42. The number of fused-ring (bicyclic) bond motifs is 1. The van der Waals surface area contributed by atoms with Gasteiger partial charge < -0.3 is 25.6 Å². The molecule has 4 N–H and O–H groups in total. The molecule has 0 aliphatic carbocycles. The lowest BCUT2D eigenvalue weighted by Gasteiger charge is -2.26. The molecule has 5 heterocycles. The van der Waals surface area contributed by atoms with Crippen molar-refractivity contribution < 1.29 is 36.9 Å². The molecule has 2 saturated heterocycles. The van der Waals surface area contributed by atoms with E-state index in [1.807, 2.05) is 6.07 Å². The van der Waals surface area contributed by atoms with Crippen LogP contribution in [0.2, 0.25) is 0 Å². The van der Waals surface area contributed by atoms with Crippen LogP contribution in [-0.4, -0.2) is 118 Å². The monoisotopic (exact) mass is 582 g/mol. The third-order valence-electron chi connectivity index (χ3n) is 7.19. The lowest BCUT2D eigenvalue weighted by Crippen LogP contribution is -2.43. The van der Waals surface area contributed by atoms with Crippen LogP contribution in [0.4, 0.5) is 23.4 Å². The van der Waals surface area contributed by atoms with E-state index in [0.29, 0.717) is 36.5 Å². The minimum absolute atomic E-state index is 0.00214. The molecule has 1 amide bonds. The number of likely N-dealkylation sites (tertiary alicyclic amines) is 1. The zero-order valence-corrected chi connectivity index (χ0v) is 22.1. The molecule has 2 fully saturated rings. The number of hydrogen-bond donors (Lipinski definition) is 3. The number of anilines is 1. The van der Waals surface area contributed by atoms with Crippen LogP contribution in [-0.2, 0) is 11.3 Å². The van der Waals surface area contributed by atoms with Crippen LogP contribution in [0.15, 0.2) is 24.7 Å². The fraction of sp³-hybridized carbons (Fsp3) is 0.520. The Kier molecular flexibility index (Phi) is 8.26. The first-order chi connectivity index (χ1) is 19.5. The number of nitrogen functional groups attached to an aromatic ring is 1. The minimum Gasteiger partial charge on any atom is -0.480 e. The summed E-state index contributed by atoms with van der Waals surface area (Å²) in [7, 11) is 1.33. The number of hydrogen-bond acceptors (Lipinski definition) is 10. The van der Waals surface area contributed by atoms with Gasteiger partial charge in [-0.1, -0.05) is 0 Å². The van der Waals surface area contributed by atoms with Gasteiger partial charge >= 0.3 is 6.18 Å². The first-order valence-electron chi connectivity index (χ1n) is 12.9. The summed E-state index contributed by atoms with van der Waals surface area (Å²) in [5, 5.41) is 16.2. The quantitative estimate of drug-likeness (QED) is 0.328. The van der Waals surface area contributed by atoms with Gasteiger partial charge in [-0.3, -0.25) is 14.6 Å². The third kappa shape index (κ3) is 6.19. The largest absolute Gasteiger partial charge is 0.480 e. The molecule has 2 aliphatic rings. The first kappa shape index (κ1) is 28.9. The Labute approximate surface area is 232 Å². The fourth-order valence-corrected chi connectivity index (χ4v) is 5.11. The second kappa shape index (κ2) is 11.7. The topological polar surface area (TPSA) is 143 Å². The zero-order valence-electron chi connectivity index (χ0n) is 22.1. The normalized spacial score (nSPS) is 21.3. The number of pyridine rings is 1. The average Bonchev–Trinajstić information content (AvgIpc) is 3.48. The van der Waals surface area contributed by atoms with Crippen LogP contribution in [0.1, 0.15) is 15.9 Å². The van der Waals surface area contributed by atoms with E-state index in [-0.39, 0.29) is 30.4 Å². The maximum absolute atomic E-state index is 14.7. The summed E-state index contributed by atoms with van der Waals surface area (Å²) in [4.78, 5) is 25.0. The van der Waals surface area contributed by atoms with E-state index in [2.05, 4.69) is 25.3 Å². The van der Waals surface area contributed by atoms with E-state index in [4.69, 9.17) is 15.2 Å². The number of carbonyl (C=O) groups excluding carboxylic acids is 1. The minimum atomic E-state index is -4.83. The highest BCUT2D eigenvalue weighted by molar-refractivity contribution is 5.98. The lowest BCUT2D eigenvalue weighted by atomic mass is 10.1. The molecule has 5 rings (SSSR count). The molecule has 0 radical (unpaired) electrons. The standard InChI is InChI=1S/C25H30F4N8O4/c1-40-24-16(23(39)34-18-11-36(10-17(18)26)12-20(38)25(27,28)29)6-14(8-31-24)19-7-15(9-35-2-4-41-5-3-35)21-22(30)32-13-33-37(19)21/h6-8,13,17-18,20,38H,2-5,9-12H2,1H3,(H,34,39)(H2,30,32,33)/t17-,18+,20?/m0/s1. The number of alkyl halides is 4. The molecule has 0 saturated carbocycles. The molecule has 12 nitrogen and oxygen atoms in total. The number of rotatable bonds is 8. The first-order valence-corrected chi connectivity index (χ1v) is 12.9. The molecule has 3 atom stereocenters. The van der Waals surface area contributed by atoms with Gasteiger partial charge in [-0.15, -0.1) is 0 Å². The Bertz CT molecular complexity index is 1400. The second-order valence-electron chi connectivity index (χ2n) is 10.0. The molecule has 2 aliphatic heterocycles. The molecule has 0 bridgehead atoms. The van der Waals surface area contributed by atoms with Gasteiger partial charge in [0.15, 0.2) is 11.9 Å². The number of nitrogens with zero attached hydrogens (tertiary/aromatic N) is 6. The van der Waals surface area contributed by atoms with Gasteiger partial charge in [-0.25, -0.2) is 18.9 Å². The molecular weight excluding hydrogens is 552 g/mol. The van der Waals surface area contributed by atoms with Crippen molar-refractivity contribution in [3.8, 4) is 17.1 Å². The van der Waals surface area contributed by atoms with Gasteiger partial charge in [-0.2, -0.15) is 18.3 Å². The second-order valence-corrected chi connectivity index (χ2v) is 10.0. The number of aliphatic hydroxyl groups excluding tert-OH is 1. The van der Waals surface area contributed by atoms with Crippen molar-refractivity contribution in [2.45, 2.75) is 31.0 Å². The van der Waals surface area contributed by atoms with Crippen LogP contribution in [0.3, 0.4) is 0 Å².